The van der Waals surface area contributed by atoms with Crippen molar-refractivity contribution in [1.29, 1.82) is 0 Å². The van der Waals surface area contributed by atoms with Crippen LogP contribution in [-0.2, 0) is 17.6 Å². The van der Waals surface area contributed by atoms with Crippen molar-refractivity contribution in [3.63, 3.8) is 0 Å². The molecule has 9 heteroatoms. The Morgan fingerprint density at radius 3 is 2.45 bits per heavy atom. The number of nitrogens with zero attached hydrogens (tertiary/aromatic N) is 2. The lowest BCUT2D eigenvalue weighted by molar-refractivity contribution is -0.139. The van der Waals surface area contributed by atoms with E-state index in [0.717, 1.165) is 51.3 Å². The summed E-state index contributed by atoms with van der Waals surface area (Å²) in [6.07, 6.45) is 2.52. The standard InChI is InChI=1S/C31H34FN3O5/c1-17(2)29-24(12-11-20(36)15-21(37)16-27(38)39)28(18-7-9-19(32)10-8-18)23-5-4-6-25-22(30(23)35-29)13-14-26(34-25)31(40)33-3/h7-14,17,20-21,36-37H,4-6,15-16H2,1-3H3,(H,33,40)(H,38,39)/b12-11+/t20-,21-/m1/s1. The van der Waals surface area contributed by atoms with Crippen molar-refractivity contribution < 1.29 is 29.3 Å². The second-order valence-corrected chi connectivity index (χ2v) is 10.3. The van der Waals surface area contributed by atoms with Crippen LogP contribution in [0.4, 0.5) is 4.39 Å². The van der Waals surface area contributed by atoms with Crippen molar-refractivity contribution in [2.24, 2.45) is 0 Å². The monoisotopic (exact) mass is 547 g/mol. The number of aryl methyl sites for hydroxylation is 1. The molecule has 4 rings (SSSR count). The third-order valence-corrected chi connectivity index (χ3v) is 6.98. The lowest BCUT2D eigenvalue weighted by atomic mass is 9.86. The molecule has 1 aliphatic carbocycles. The highest BCUT2D eigenvalue weighted by Crippen LogP contribution is 2.41. The zero-order valence-electron chi connectivity index (χ0n) is 22.8. The number of halogens is 1. The van der Waals surface area contributed by atoms with Crippen molar-refractivity contribution in [3.8, 4) is 22.4 Å². The Morgan fingerprint density at radius 2 is 1.80 bits per heavy atom. The molecule has 0 saturated carbocycles. The predicted octanol–water partition coefficient (Wildman–Crippen LogP) is 4.52. The SMILES string of the molecule is CNC(=O)c1ccc2c(n1)CCCc1c-2nc(C(C)C)c(/C=C/[C@@H](O)C[C@@H](O)CC(=O)O)c1-c1ccc(F)cc1. The first-order chi connectivity index (χ1) is 19.1. The largest absolute Gasteiger partial charge is 0.481 e. The van der Waals surface area contributed by atoms with Gasteiger partial charge in [-0.05, 0) is 66.1 Å². The summed E-state index contributed by atoms with van der Waals surface area (Å²) in [6, 6.07) is 9.82. The molecule has 0 saturated heterocycles. The zero-order chi connectivity index (χ0) is 29.0. The van der Waals surface area contributed by atoms with Crippen molar-refractivity contribution in [1.82, 2.24) is 15.3 Å². The van der Waals surface area contributed by atoms with E-state index in [0.29, 0.717) is 18.5 Å². The maximum absolute atomic E-state index is 13.9. The number of benzene rings is 1. The highest BCUT2D eigenvalue weighted by molar-refractivity contribution is 5.93. The first kappa shape index (κ1) is 29.0. The predicted molar refractivity (Wildman–Crippen MR) is 150 cm³/mol. The van der Waals surface area contributed by atoms with Gasteiger partial charge in [0, 0.05) is 24.6 Å². The van der Waals surface area contributed by atoms with Crippen LogP contribution >= 0.6 is 0 Å². The minimum absolute atomic E-state index is 0.0244. The number of aliphatic hydroxyl groups excluding tert-OH is 2. The quantitative estimate of drug-likeness (QED) is 0.310. The first-order valence-corrected chi connectivity index (χ1v) is 13.4. The normalized spacial score (nSPS) is 14.4. The molecular weight excluding hydrogens is 513 g/mol. The second-order valence-electron chi connectivity index (χ2n) is 10.3. The summed E-state index contributed by atoms with van der Waals surface area (Å²) in [5, 5.41) is 32.1. The van der Waals surface area contributed by atoms with E-state index in [4.69, 9.17) is 10.1 Å². The number of pyridine rings is 2. The lowest BCUT2D eigenvalue weighted by Gasteiger charge is -2.22. The third-order valence-electron chi connectivity index (χ3n) is 6.98. The Morgan fingerprint density at radius 1 is 1.07 bits per heavy atom. The third kappa shape index (κ3) is 6.43. The zero-order valence-corrected chi connectivity index (χ0v) is 22.8. The fraction of sp³-hybridized carbons (Fsp3) is 0.355. The fourth-order valence-corrected chi connectivity index (χ4v) is 5.12. The number of carbonyl (C=O) groups excluding carboxylic acids is 1. The summed E-state index contributed by atoms with van der Waals surface area (Å²) in [5.74, 6) is -1.79. The number of aliphatic carboxylic acids is 1. The molecule has 0 bridgehead atoms. The lowest BCUT2D eigenvalue weighted by Crippen LogP contribution is -2.19. The maximum Gasteiger partial charge on any atom is 0.305 e. The molecule has 4 N–H and O–H groups in total. The van der Waals surface area contributed by atoms with Gasteiger partial charge in [0.25, 0.3) is 5.91 Å². The summed E-state index contributed by atoms with van der Waals surface area (Å²) in [5.41, 5.74) is 6.89. The van der Waals surface area contributed by atoms with E-state index in [1.807, 2.05) is 19.9 Å². The maximum atomic E-state index is 13.9. The van der Waals surface area contributed by atoms with Crippen LogP contribution in [-0.4, -0.2) is 56.4 Å². The average Bonchev–Trinajstić information content (AvgIpc) is 3.09. The van der Waals surface area contributed by atoms with Gasteiger partial charge in [-0.2, -0.15) is 0 Å². The molecule has 3 aromatic rings. The number of carbonyl (C=O) groups is 2. The Hall–Kier alpha value is -3.95. The number of rotatable bonds is 9. The highest BCUT2D eigenvalue weighted by Gasteiger charge is 2.26. The van der Waals surface area contributed by atoms with E-state index < -0.39 is 24.6 Å². The van der Waals surface area contributed by atoms with E-state index >= 15 is 0 Å². The van der Waals surface area contributed by atoms with Gasteiger partial charge in [0.1, 0.15) is 11.5 Å². The molecule has 1 amide bonds. The molecule has 0 radical (unpaired) electrons. The van der Waals surface area contributed by atoms with Gasteiger partial charge in [-0.3, -0.25) is 14.6 Å². The molecule has 1 aliphatic rings. The summed E-state index contributed by atoms with van der Waals surface area (Å²) < 4.78 is 13.9. The van der Waals surface area contributed by atoms with E-state index in [9.17, 15) is 24.2 Å². The van der Waals surface area contributed by atoms with Gasteiger partial charge in [-0.15, -0.1) is 0 Å². The molecular formula is C31H34FN3O5. The van der Waals surface area contributed by atoms with Gasteiger partial charge in [0.05, 0.1) is 35.7 Å². The van der Waals surface area contributed by atoms with Crippen LogP contribution in [0.2, 0.25) is 0 Å². The average molecular weight is 548 g/mol. The van der Waals surface area contributed by atoms with E-state index in [-0.39, 0.29) is 24.1 Å². The number of aromatic nitrogens is 2. The molecule has 0 fully saturated rings. The number of nitrogens with one attached hydrogen (secondary N) is 1. The van der Waals surface area contributed by atoms with Crippen molar-refractivity contribution >= 4 is 18.0 Å². The van der Waals surface area contributed by atoms with Crippen LogP contribution in [0.3, 0.4) is 0 Å². The molecule has 210 valence electrons. The number of amides is 1. The van der Waals surface area contributed by atoms with Gasteiger partial charge in [0.15, 0.2) is 0 Å². The highest BCUT2D eigenvalue weighted by atomic mass is 19.1. The number of hydrogen-bond donors (Lipinski definition) is 4. The molecule has 0 aliphatic heterocycles. The van der Waals surface area contributed by atoms with Crippen LogP contribution in [0.15, 0.2) is 42.5 Å². The number of fused-ring (bicyclic) bond motifs is 3. The van der Waals surface area contributed by atoms with Gasteiger partial charge in [-0.1, -0.05) is 38.1 Å². The number of aliphatic hydroxyl groups is 2. The van der Waals surface area contributed by atoms with Gasteiger partial charge in [0.2, 0.25) is 0 Å². The summed E-state index contributed by atoms with van der Waals surface area (Å²) >= 11 is 0. The van der Waals surface area contributed by atoms with Gasteiger partial charge >= 0.3 is 5.97 Å². The molecule has 40 heavy (non-hydrogen) atoms. The number of carboxylic acids is 1. The Labute approximate surface area is 232 Å². The van der Waals surface area contributed by atoms with Gasteiger partial charge in [-0.25, -0.2) is 9.37 Å². The fourth-order valence-electron chi connectivity index (χ4n) is 5.12. The van der Waals surface area contributed by atoms with Crippen LogP contribution in [0.5, 0.6) is 0 Å². The molecule has 1 aromatic carbocycles. The molecule has 2 heterocycles. The van der Waals surface area contributed by atoms with Crippen LogP contribution in [0, 0.1) is 5.82 Å². The molecule has 8 nitrogen and oxygen atoms in total. The minimum Gasteiger partial charge on any atom is -0.481 e. The summed E-state index contributed by atoms with van der Waals surface area (Å²) in [4.78, 5) is 32.9. The van der Waals surface area contributed by atoms with Gasteiger partial charge < -0.3 is 20.6 Å². The number of carboxylic acid groups (broad SMARTS) is 1. The molecule has 0 spiro atoms. The summed E-state index contributed by atoms with van der Waals surface area (Å²) in [6.45, 7) is 4.02. The summed E-state index contributed by atoms with van der Waals surface area (Å²) in [7, 11) is 1.56. The Balaban J connectivity index is 1.91. The van der Waals surface area contributed by atoms with E-state index in [1.165, 1.54) is 18.2 Å². The number of hydrogen-bond acceptors (Lipinski definition) is 6. The Bertz CT molecular complexity index is 1440. The topological polar surface area (TPSA) is 133 Å². The van der Waals surface area contributed by atoms with Crippen LogP contribution < -0.4 is 5.32 Å². The first-order valence-electron chi connectivity index (χ1n) is 13.4. The van der Waals surface area contributed by atoms with E-state index in [1.54, 1.807) is 31.3 Å². The second kappa shape index (κ2) is 12.5. The molecule has 0 unspecified atom stereocenters. The minimum atomic E-state index is -1.19. The van der Waals surface area contributed by atoms with Crippen molar-refractivity contribution in [3.05, 3.63) is 76.5 Å². The van der Waals surface area contributed by atoms with Crippen LogP contribution in [0.1, 0.15) is 72.0 Å². The molecule has 2 atom stereocenters. The van der Waals surface area contributed by atoms with Crippen LogP contribution in [0.25, 0.3) is 28.5 Å². The molecule has 2 aromatic heterocycles. The van der Waals surface area contributed by atoms with E-state index in [2.05, 4.69) is 10.3 Å². The van der Waals surface area contributed by atoms with Crippen molar-refractivity contribution in [2.75, 3.05) is 7.05 Å². The smallest absolute Gasteiger partial charge is 0.305 e. The van der Waals surface area contributed by atoms with Crippen molar-refractivity contribution in [2.45, 2.75) is 64.1 Å². The Kier molecular flexibility index (Phi) is 9.07.